The second-order valence-corrected chi connectivity index (χ2v) is 5.06. The van der Waals surface area contributed by atoms with Crippen LogP contribution in [0.4, 0.5) is 0 Å². The SMILES string of the molecule is O=C(NCCOc1ccccc1)c1cccc(-n2cccc2)c1. The number of amides is 1. The second kappa shape index (κ2) is 7.31. The lowest BCUT2D eigenvalue weighted by Gasteiger charge is -2.09. The molecular formula is C19H18N2O2. The molecular weight excluding hydrogens is 288 g/mol. The van der Waals surface area contributed by atoms with E-state index < -0.39 is 0 Å². The third-order valence-electron chi connectivity index (χ3n) is 3.41. The average molecular weight is 306 g/mol. The molecule has 0 saturated carbocycles. The Morgan fingerprint density at radius 3 is 2.52 bits per heavy atom. The van der Waals surface area contributed by atoms with Crippen LogP contribution in [-0.4, -0.2) is 23.6 Å². The Bertz CT molecular complexity index is 752. The van der Waals surface area contributed by atoms with Crippen molar-refractivity contribution in [2.75, 3.05) is 13.2 Å². The van der Waals surface area contributed by atoms with Crippen molar-refractivity contribution < 1.29 is 9.53 Å². The second-order valence-electron chi connectivity index (χ2n) is 5.06. The zero-order valence-electron chi connectivity index (χ0n) is 12.7. The van der Waals surface area contributed by atoms with E-state index >= 15 is 0 Å². The van der Waals surface area contributed by atoms with E-state index in [2.05, 4.69) is 5.32 Å². The molecule has 116 valence electrons. The molecule has 0 aliphatic rings. The van der Waals surface area contributed by atoms with E-state index in [9.17, 15) is 4.79 Å². The van der Waals surface area contributed by atoms with Crippen molar-refractivity contribution in [2.45, 2.75) is 0 Å². The van der Waals surface area contributed by atoms with Crippen LogP contribution in [0.15, 0.2) is 79.1 Å². The maximum atomic E-state index is 12.2. The lowest BCUT2D eigenvalue weighted by Crippen LogP contribution is -2.28. The first-order valence-electron chi connectivity index (χ1n) is 7.52. The Hall–Kier alpha value is -3.01. The van der Waals surface area contributed by atoms with Crippen LogP contribution in [-0.2, 0) is 0 Å². The van der Waals surface area contributed by atoms with Crippen LogP contribution in [0.3, 0.4) is 0 Å². The normalized spacial score (nSPS) is 10.3. The number of hydrogen-bond donors (Lipinski definition) is 1. The van der Waals surface area contributed by atoms with Gasteiger partial charge in [0, 0.05) is 23.6 Å². The Morgan fingerprint density at radius 2 is 1.74 bits per heavy atom. The number of hydrogen-bond acceptors (Lipinski definition) is 2. The highest BCUT2D eigenvalue weighted by Crippen LogP contribution is 2.11. The van der Waals surface area contributed by atoms with Gasteiger partial charge >= 0.3 is 0 Å². The molecule has 0 fully saturated rings. The third kappa shape index (κ3) is 4.01. The van der Waals surface area contributed by atoms with Gasteiger partial charge < -0.3 is 14.6 Å². The largest absolute Gasteiger partial charge is 0.492 e. The minimum Gasteiger partial charge on any atom is -0.492 e. The molecule has 1 aromatic heterocycles. The summed E-state index contributed by atoms with van der Waals surface area (Å²) in [6, 6.07) is 21.0. The summed E-state index contributed by atoms with van der Waals surface area (Å²) in [5.74, 6) is 0.701. The zero-order chi connectivity index (χ0) is 15.9. The van der Waals surface area contributed by atoms with Gasteiger partial charge in [-0.3, -0.25) is 4.79 Å². The summed E-state index contributed by atoms with van der Waals surface area (Å²) in [6.07, 6.45) is 3.90. The van der Waals surface area contributed by atoms with E-state index in [1.54, 1.807) is 6.07 Å². The third-order valence-corrected chi connectivity index (χ3v) is 3.41. The van der Waals surface area contributed by atoms with E-state index in [1.165, 1.54) is 0 Å². The summed E-state index contributed by atoms with van der Waals surface area (Å²) in [5, 5.41) is 2.87. The number of ether oxygens (including phenoxy) is 1. The number of carbonyl (C=O) groups is 1. The van der Waals surface area contributed by atoms with Crippen molar-refractivity contribution >= 4 is 5.91 Å². The van der Waals surface area contributed by atoms with Gasteiger partial charge in [0.2, 0.25) is 0 Å². The molecule has 0 saturated heterocycles. The zero-order valence-corrected chi connectivity index (χ0v) is 12.7. The summed E-state index contributed by atoms with van der Waals surface area (Å²) in [4.78, 5) is 12.2. The van der Waals surface area contributed by atoms with E-state index in [-0.39, 0.29) is 5.91 Å². The average Bonchev–Trinajstić information content (AvgIpc) is 3.14. The maximum absolute atomic E-state index is 12.2. The number of carbonyl (C=O) groups excluding carboxylic acids is 1. The quantitative estimate of drug-likeness (QED) is 0.710. The Morgan fingerprint density at radius 1 is 0.957 bits per heavy atom. The van der Waals surface area contributed by atoms with Crippen LogP contribution in [0.25, 0.3) is 5.69 Å². The predicted molar refractivity (Wildman–Crippen MR) is 90.0 cm³/mol. The maximum Gasteiger partial charge on any atom is 0.251 e. The summed E-state index contributed by atoms with van der Waals surface area (Å²) >= 11 is 0. The van der Waals surface area contributed by atoms with Gasteiger partial charge in [-0.05, 0) is 42.5 Å². The van der Waals surface area contributed by atoms with Crippen LogP contribution in [0, 0.1) is 0 Å². The summed E-state index contributed by atoms with van der Waals surface area (Å²) in [7, 11) is 0. The summed E-state index contributed by atoms with van der Waals surface area (Å²) < 4.78 is 7.52. The van der Waals surface area contributed by atoms with Crippen LogP contribution >= 0.6 is 0 Å². The summed E-state index contributed by atoms with van der Waals surface area (Å²) in [5.41, 5.74) is 1.60. The highest BCUT2D eigenvalue weighted by Gasteiger charge is 2.06. The monoisotopic (exact) mass is 306 g/mol. The van der Waals surface area contributed by atoms with Crippen LogP contribution in [0.2, 0.25) is 0 Å². The van der Waals surface area contributed by atoms with Crippen molar-refractivity contribution in [1.82, 2.24) is 9.88 Å². The first-order chi connectivity index (χ1) is 11.3. The standard InChI is InChI=1S/C19H18N2O2/c22-19(20-11-14-23-18-9-2-1-3-10-18)16-7-6-8-17(15-16)21-12-4-5-13-21/h1-10,12-13,15H,11,14H2,(H,20,22). The smallest absolute Gasteiger partial charge is 0.251 e. The van der Waals surface area contributed by atoms with Gasteiger partial charge in [-0.2, -0.15) is 0 Å². The molecule has 0 atom stereocenters. The molecule has 3 aromatic rings. The molecule has 0 radical (unpaired) electrons. The predicted octanol–water partition coefficient (Wildman–Crippen LogP) is 3.29. The van der Waals surface area contributed by atoms with Gasteiger partial charge in [-0.1, -0.05) is 24.3 Å². The first kappa shape index (κ1) is 14.9. The van der Waals surface area contributed by atoms with E-state index in [4.69, 9.17) is 4.74 Å². The van der Waals surface area contributed by atoms with Gasteiger partial charge in [0.25, 0.3) is 5.91 Å². The Balaban J connectivity index is 1.53. The molecule has 2 aromatic carbocycles. The molecule has 1 heterocycles. The summed E-state index contributed by atoms with van der Waals surface area (Å²) in [6.45, 7) is 0.897. The lowest BCUT2D eigenvalue weighted by molar-refractivity contribution is 0.0947. The van der Waals surface area contributed by atoms with Gasteiger partial charge in [-0.25, -0.2) is 0 Å². The molecule has 23 heavy (non-hydrogen) atoms. The van der Waals surface area contributed by atoms with E-state index in [0.29, 0.717) is 18.7 Å². The topological polar surface area (TPSA) is 43.3 Å². The number of para-hydroxylation sites is 1. The van der Waals surface area contributed by atoms with Gasteiger partial charge in [0.1, 0.15) is 12.4 Å². The molecule has 4 nitrogen and oxygen atoms in total. The lowest BCUT2D eigenvalue weighted by atomic mass is 10.2. The Kier molecular flexibility index (Phi) is 4.74. The number of nitrogens with one attached hydrogen (secondary N) is 1. The molecule has 0 aliphatic carbocycles. The number of rotatable bonds is 6. The number of benzene rings is 2. The van der Waals surface area contributed by atoms with Crippen LogP contribution in [0.5, 0.6) is 5.75 Å². The van der Waals surface area contributed by atoms with E-state index in [1.807, 2.05) is 77.6 Å². The Labute approximate surface area is 135 Å². The van der Waals surface area contributed by atoms with Gasteiger partial charge in [-0.15, -0.1) is 0 Å². The minimum atomic E-state index is -0.101. The molecule has 1 N–H and O–H groups in total. The highest BCUT2D eigenvalue weighted by atomic mass is 16.5. The van der Waals surface area contributed by atoms with Crippen LogP contribution < -0.4 is 10.1 Å². The van der Waals surface area contributed by atoms with Crippen molar-refractivity contribution in [3.63, 3.8) is 0 Å². The molecule has 0 bridgehead atoms. The van der Waals surface area contributed by atoms with Gasteiger partial charge in [0.05, 0.1) is 6.54 Å². The molecule has 0 aliphatic heterocycles. The first-order valence-corrected chi connectivity index (χ1v) is 7.52. The number of nitrogens with zero attached hydrogens (tertiary/aromatic N) is 1. The molecule has 0 spiro atoms. The van der Waals surface area contributed by atoms with Crippen molar-refractivity contribution in [1.29, 1.82) is 0 Å². The molecule has 4 heteroatoms. The number of aromatic nitrogens is 1. The van der Waals surface area contributed by atoms with E-state index in [0.717, 1.165) is 11.4 Å². The highest BCUT2D eigenvalue weighted by molar-refractivity contribution is 5.94. The molecule has 0 unspecified atom stereocenters. The fourth-order valence-electron chi connectivity index (χ4n) is 2.27. The molecule has 3 rings (SSSR count). The fourth-order valence-corrected chi connectivity index (χ4v) is 2.27. The van der Waals surface area contributed by atoms with Crippen molar-refractivity contribution in [3.05, 3.63) is 84.7 Å². The fraction of sp³-hybridized carbons (Fsp3) is 0.105. The van der Waals surface area contributed by atoms with Crippen molar-refractivity contribution in [3.8, 4) is 11.4 Å². The van der Waals surface area contributed by atoms with Crippen LogP contribution in [0.1, 0.15) is 10.4 Å². The minimum absolute atomic E-state index is 0.101. The van der Waals surface area contributed by atoms with Gasteiger partial charge in [0.15, 0.2) is 0 Å². The molecule has 1 amide bonds. The van der Waals surface area contributed by atoms with Crippen molar-refractivity contribution in [2.24, 2.45) is 0 Å².